The van der Waals surface area contributed by atoms with Crippen LogP contribution < -0.4 is 5.73 Å². The normalized spacial score (nSPS) is 26.7. The van der Waals surface area contributed by atoms with E-state index in [1.165, 1.54) is 12.8 Å². The molecule has 0 bridgehead atoms. The summed E-state index contributed by atoms with van der Waals surface area (Å²) < 4.78 is 0. The fourth-order valence-electron chi connectivity index (χ4n) is 2.18. The van der Waals surface area contributed by atoms with Gasteiger partial charge in [0.05, 0.1) is 0 Å². The van der Waals surface area contributed by atoms with Gasteiger partial charge in [-0.15, -0.1) is 0 Å². The van der Waals surface area contributed by atoms with Crippen molar-refractivity contribution in [3.05, 3.63) is 0 Å². The van der Waals surface area contributed by atoms with Gasteiger partial charge in [-0.3, -0.25) is 0 Å². The van der Waals surface area contributed by atoms with Crippen molar-refractivity contribution in [3.63, 3.8) is 0 Å². The van der Waals surface area contributed by atoms with E-state index in [1.54, 1.807) is 0 Å². The van der Waals surface area contributed by atoms with Crippen LogP contribution in [-0.4, -0.2) is 5.54 Å². The molecule has 0 spiro atoms. The van der Waals surface area contributed by atoms with E-state index in [0.29, 0.717) is 11.3 Å². The van der Waals surface area contributed by atoms with E-state index in [9.17, 15) is 0 Å². The van der Waals surface area contributed by atoms with E-state index in [2.05, 4.69) is 27.7 Å². The Bertz CT molecular complexity index is 147. The quantitative estimate of drug-likeness (QED) is 0.666. The zero-order chi connectivity index (χ0) is 8.70. The number of hydrogen-bond donors (Lipinski definition) is 1. The summed E-state index contributed by atoms with van der Waals surface area (Å²) in [6.07, 6.45) is 3.77. The third kappa shape index (κ3) is 1.20. The second kappa shape index (κ2) is 2.48. The van der Waals surface area contributed by atoms with Crippen molar-refractivity contribution in [3.8, 4) is 0 Å². The lowest BCUT2D eigenvalue weighted by atomic mass is 9.73. The molecule has 66 valence electrons. The summed E-state index contributed by atoms with van der Waals surface area (Å²) in [5.74, 6) is 0.611. The molecule has 11 heavy (non-hydrogen) atoms. The third-order valence-corrected chi connectivity index (χ3v) is 3.74. The van der Waals surface area contributed by atoms with Crippen LogP contribution in [-0.2, 0) is 0 Å². The van der Waals surface area contributed by atoms with Crippen LogP contribution in [0.25, 0.3) is 0 Å². The van der Waals surface area contributed by atoms with Crippen LogP contribution in [0.5, 0.6) is 0 Å². The Morgan fingerprint density at radius 3 is 2.00 bits per heavy atom. The van der Waals surface area contributed by atoms with Crippen molar-refractivity contribution in [1.82, 2.24) is 0 Å². The lowest BCUT2D eigenvalue weighted by molar-refractivity contribution is 0.183. The first-order valence-electron chi connectivity index (χ1n) is 4.75. The van der Waals surface area contributed by atoms with E-state index in [1.807, 2.05) is 0 Å². The Kier molecular flexibility index (Phi) is 2.04. The van der Waals surface area contributed by atoms with E-state index < -0.39 is 0 Å². The van der Waals surface area contributed by atoms with E-state index >= 15 is 0 Å². The highest BCUT2D eigenvalue weighted by Gasteiger charge is 2.53. The van der Waals surface area contributed by atoms with E-state index in [-0.39, 0.29) is 5.54 Å². The molecule has 0 radical (unpaired) electrons. The minimum absolute atomic E-state index is 0.0903. The zero-order valence-corrected chi connectivity index (χ0v) is 8.28. The molecule has 2 N–H and O–H groups in total. The second-order valence-electron chi connectivity index (χ2n) is 4.61. The van der Waals surface area contributed by atoms with Crippen molar-refractivity contribution < 1.29 is 0 Å². The average molecular weight is 155 g/mol. The van der Waals surface area contributed by atoms with Crippen LogP contribution >= 0.6 is 0 Å². The largest absolute Gasteiger partial charge is 0.324 e. The van der Waals surface area contributed by atoms with Gasteiger partial charge < -0.3 is 5.73 Å². The highest BCUT2D eigenvalue weighted by Crippen LogP contribution is 2.56. The van der Waals surface area contributed by atoms with E-state index in [4.69, 9.17) is 5.73 Å². The molecule has 0 heterocycles. The fourth-order valence-corrected chi connectivity index (χ4v) is 2.18. The topological polar surface area (TPSA) is 26.0 Å². The maximum absolute atomic E-state index is 6.38. The molecule has 1 fully saturated rings. The Balaban J connectivity index is 2.75. The van der Waals surface area contributed by atoms with Crippen molar-refractivity contribution in [2.45, 2.75) is 52.5 Å². The summed E-state index contributed by atoms with van der Waals surface area (Å²) in [4.78, 5) is 0. The smallest absolute Gasteiger partial charge is 0.0229 e. The van der Waals surface area contributed by atoms with Crippen molar-refractivity contribution in [2.24, 2.45) is 17.1 Å². The molecule has 0 saturated heterocycles. The molecule has 0 amide bonds. The molecule has 1 rings (SSSR count). The van der Waals surface area contributed by atoms with E-state index in [0.717, 1.165) is 6.42 Å². The number of nitrogens with two attached hydrogens (primary N) is 1. The first-order chi connectivity index (χ1) is 4.96. The lowest BCUT2D eigenvalue weighted by Crippen LogP contribution is -2.51. The van der Waals surface area contributed by atoms with Crippen molar-refractivity contribution in [2.75, 3.05) is 0 Å². The molecule has 1 nitrogen and oxygen atoms in total. The van der Waals surface area contributed by atoms with Gasteiger partial charge in [0.2, 0.25) is 0 Å². The Morgan fingerprint density at radius 2 is 1.91 bits per heavy atom. The van der Waals surface area contributed by atoms with Gasteiger partial charge in [-0.2, -0.15) is 0 Å². The molecule has 0 aromatic heterocycles. The Morgan fingerprint density at radius 1 is 1.45 bits per heavy atom. The fraction of sp³-hybridized carbons (Fsp3) is 1.00. The summed E-state index contributed by atoms with van der Waals surface area (Å²) in [5.41, 5.74) is 6.92. The highest BCUT2D eigenvalue weighted by atomic mass is 14.8. The number of hydrogen-bond acceptors (Lipinski definition) is 1. The monoisotopic (exact) mass is 155 g/mol. The summed E-state index contributed by atoms with van der Waals surface area (Å²) >= 11 is 0. The predicted octanol–water partition coefficient (Wildman–Crippen LogP) is 2.55. The maximum atomic E-state index is 6.38. The lowest BCUT2D eigenvalue weighted by Gasteiger charge is -2.39. The van der Waals surface area contributed by atoms with Gasteiger partial charge >= 0.3 is 0 Å². The predicted molar refractivity (Wildman–Crippen MR) is 49.4 cm³/mol. The van der Waals surface area contributed by atoms with Gasteiger partial charge in [0.25, 0.3) is 0 Å². The molecule has 0 aromatic rings. The van der Waals surface area contributed by atoms with Gasteiger partial charge in [-0.25, -0.2) is 0 Å². The Labute approximate surface area is 70.4 Å². The van der Waals surface area contributed by atoms with Gasteiger partial charge in [0, 0.05) is 5.54 Å². The molecule has 1 aliphatic carbocycles. The molecule has 1 atom stereocenters. The van der Waals surface area contributed by atoms with Crippen LogP contribution in [0.1, 0.15) is 47.0 Å². The van der Waals surface area contributed by atoms with Crippen molar-refractivity contribution >= 4 is 0 Å². The molecule has 1 saturated carbocycles. The average Bonchev–Trinajstić information content (AvgIpc) is 2.67. The summed E-state index contributed by atoms with van der Waals surface area (Å²) in [6, 6.07) is 0. The summed E-state index contributed by atoms with van der Waals surface area (Å²) in [6.45, 7) is 9.03. The van der Waals surface area contributed by atoms with Crippen LogP contribution in [0.3, 0.4) is 0 Å². The molecular weight excluding hydrogens is 134 g/mol. The van der Waals surface area contributed by atoms with Gasteiger partial charge in [0.1, 0.15) is 0 Å². The van der Waals surface area contributed by atoms with Crippen LogP contribution in [0.15, 0.2) is 0 Å². The minimum atomic E-state index is 0.0903. The van der Waals surface area contributed by atoms with Gasteiger partial charge in [-0.05, 0) is 30.6 Å². The molecule has 0 aromatic carbocycles. The second-order valence-corrected chi connectivity index (χ2v) is 4.61. The first kappa shape index (κ1) is 9.05. The minimum Gasteiger partial charge on any atom is -0.324 e. The molecule has 1 aliphatic rings. The molecule has 1 unspecified atom stereocenters. The summed E-state index contributed by atoms with van der Waals surface area (Å²) in [7, 11) is 0. The van der Waals surface area contributed by atoms with Gasteiger partial charge in [-0.1, -0.05) is 27.7 Å². The molecule has 0 aliphatic heterocycles. The first-order valence-corrected chi connectivity index (χ1v) is 4.75. The SMILES string of the molecule is CCC(N)(C(C)C)C1(C)CC1. The maximum Gasteiger partial charge on any atom is 0.0229 e. The highest BCUT2D eigenvalue weighted by molar-refractivity contribution is 5.09. The van der Waals surface area contributed by atoms with Crippen LogP contribution in [0.2, 0.25) is 0 Å². The summed E-state index contributed by atoms with van der Waals surface area (Å²) in [5, 5.41) is 0. The van der Waals surface area contributed by atoms with Crippen LogP contribution in [0, 0.1) is 11.3 Å². The Hall–Kier alpha value is -0.0400. The third-order valence-electron chi connectivity index (χ3n) is 3.74. The number of rotatable bonds is 3. The molecular formula is C10H21N. The molecule has 1 heteroatoms. The van der Waals surface area contributed by atoms with Crippen molar-refractivity contribution in [1.29, 1.82) is 0 Å². The van der Waals surface area contributed by atoms with Crippen LogP contribution in [0.4, 0.5) is 0 Å². The standard InChI is InChI=1S/C10H21N/c1-5-10(11,8(2)3)9(4)6-7-9/h8H,5-7,11H2,1-4H3. The van der Waals surface area contributed by atoms with Gasteiger partial charge in [0.15, 0.2) is 0 Å². The zero-order valence-electron chi connectivity index (χ0n) is 8.28.